The summed E-state index contributed by atoms with van der Waals surface area (Å²) in [6, 6.07) is -0.00752. The maximum atomic E-state index is 12.0. The van der Waals surface area contributed by atoms with E-state index < -0.39 is 6.09 Å². The Morgan fingerprint density at radius 1 is 1.26 bits per heavy atom. The number of likely N-dealkylation sites (tertiary alicyclic amines) is 1. The van der Waals surface area contributed by atoms with Crippen LogP contribution in [0.25, 0.3) is 0 Å². The minimum Gasteiger partial charge on any atom is -0.453 e. The molecule has 1 fully saturated rings. The lowest BCUT2D eigenvalue weighted by Crippen LogP contribution is -2.51. The monoisotopic (exact) mass is 271 g/mol. The number of ether oxygens (including phenoxy) is 1. The van der Waals surface area contributed by atoms with E-state index in [0.717, 1.165) is 25.9 Å². The van der Waals surface area contributed by atoms with Crippen molar-refractivity contribution in [3.63, 3.8) is 0 Å². The van der Waals surface area contributed by atoms with Crippen molar-refractivity contribution < 1.29 is 14.3 Å². The third-order valence-electron chi connectivity index (χ3n) is 3.10. The highest BCUT2D eigenvalue weighted by Crippen LogP contribution is 2.17. The standard InChI is InChI=1S/C13H25N3O3/c1-13(2,3)15-11(17)16-7-5-10(6-8-16)9-14-12(18)19-4/h10H,5-9H2,1-4H3,(H,14,18)(H,15,17). The molecule has 1 heterocycles. The summed E-state index contributed by atoms with van der Waals surface area (Å²) in [5.41, 5.74) is -0.208. The van der Waals surface area contributed by atoms with E-state index >= 15 is 0 Å². The van der Waals surface area contributed by atoms with Crippen molar-refractivity contribution >= 4 is 12.1 Å². The zero-order valence-corrected chi connectivity index (χ0v) is 12.3. The van der Waals surface area contributed by atoms with Crippen LogP contribution in [0, 0.1) is 5.92 Å². The quantitative estimate of drug-likeness (QED) is 0.800. The van der Waals surface area contributed by atoms with Crippen LogP contribution in [0.15, 0.2) is 0 Å². The maximum Gasteiger partial charge on any atom is 0.406 e. The fraction of sp³-hybridized carbons (Fsp3) is 0.846. The summed E-state index contributed by atoms with van der Waals surface area (Å²) in [4.78, 5) is 24.8. The van der Waals surface area contributed by atoms with Gasteiger partial charge in [0.2, 0.25) is 0 Å². The van der Waals surface area contributed by atoms with Gasteiger partial charge >= 0.3 is 12.1 Å². The Bertz CT molecular complexity index is 318. The van der Waals surface area contributed by atoms with E-state index in [1.807, 2.05) is 25.7 Å². The summed E-state index contributed by atoms with van der Waals surface area (Å²) in [6.45, 7) is 7.99. The minimum atomic E-state index is -0.395. The average molecular weight is 271 g/mol. The molecule has 0 spiro atoms. The lowest BCUT2D eigenvalue weighted by molar-refractivity contribution is 0.153. The van der Waals surface area contributed by atoms with Gasteiger partial charge in [-0.25, -0.2) is 9.59 Å². The molecule has 0 aromatic heterocycles. The van der Waals surface area contributed by atoms with E-state index in [2.05, 4.69) is 15.4 Å². The van der Waals surface area contributed by atoms with Gasteiger partial charge in [0.15, 0.2) is 0 Å². The lowest BCUT2D eigenvalue weighted by atomic mass is 9.97. The molecule has 0 atom stereocenters. The predicted molar refractivity (Wildman–Crippen MR) is 73.0 cm³/mol. The highest BCUT2D eigenvalue weighted by Gasteiger charge is 2.25. The molecule has 0 aromatic rings. The van der Waals surface area contributed by atoms with Crippen molar-refractivity contribution in [1.29, 1.82) is 0 Å². The smallest absolute Gasteiger partial charge is 0.406 e. The second kappa shape index (κ2) is 6.63. The van der Waals surface area contributed by atoms with E-state index in [0.29, 0.717) is 12.5 Å². The molecule has 19 heavy (non-hydrogen) atoms. The van der Waals surface area contributed by atoms with E-state index in [1.54, 1.807) is 0 Å². The van der Waals surface area contributed by atoms with Gasteiger partial charge in [-0.1, -0.05) is 0 Å². The van der Waals surface area contributed by atoms with Gasteiger partial charge in [0, 0.05) is 25.2 Å². The highest BCUT2D eigenvalue weighted by atomic mass is 16.5. The first kappa shape index (κ1) is 15.6. The molecule has 6 heteroatoms. The Hall–Kier alpha value is -1.46. The normalized spacial score (nSPS) is 16.9. The molecular weight excluding hydrogens is 246 g/mol. The van der Waals surface area contributed by atoms with Crippen molar-refractivity contribution in [3.8, 4) is 0 Å². The van der Waals surface area contributed by atoms with Crippen molar-refractivity contribution in [2.75, 3.05) is 26.7 Å². The van der Waals surface area contributed by atoms with Gasteiger partial charge in [-0.3, -0.25) is 0 Å². The topological polar surface area (TPSA) is 70.7 Å². The van der Waals surface area contributed by atoms with Gasteiger partial charge < -0.3 is 20.3 Å². The van der Waals surface area contributed by atoms with Crippen LogP contribution < -0.4 is 10.6 Å². The third kappa shape index (κ3) is 5.81. The molecule has 0 unspecified atom stereocenters. The van der Waals surface area contributed by atoms with Gasteiger partial charge in [-0.05, 0) is 39.5 Å². The second-order valence-corrected chi connectivity index (χ2v) is 5.98. The maximum absolute atomic E-state index is 12.0. The van der Waals surface area contributed by atoms with Crippen molar-refractivity contribution in [2.24, 2.45) is 5.92 Å². The van der Waals surface area contributed by atoms with Crippen LogP contribution in [0.5, 0.6) is 0 Å². The molecule has 2 N–H and O–H groups in total. The zero-order valence-electron chi connectivity index (χ0n) is 12.3. The molecular formula is C13H25N3O3. The summed E-state index contributed by atoms with van der Waals surface area (Å²) in [6.07, 6.45) is 1.41. The number of piperidine rings is 1. The van der Waals surface area contributed by atoms with Crippen LogP contribution in [-0.4, -0.2) is 49.3 Å². The molecule has 1 saturated heterocycles. The molecule has 6 nitrogen and oxygen atoms in total. The number of carbonyl (C=O) groups is 2. The molecule has 3 amide bonds. The Labute approximate surface area is 114 Å². The molecule has 0 saturated carbocycles. The van der Waals surface area contributed by atoms with Crippen LogP contribution in [-0.2, 0) is 4.74 Å². The molecule has 1 rings (SSSR count). The largest absolute Gasteiger partial charge is 0.453 e. The summed E-state index contributed by atoms with van der Waals surface area (Å²) >= 11 is 0. The fourth-order valence-corrected chi connectivity index (χ4v) is 2.04. The SMILES string of the molecule is COC(=O)NCC1CCN(C(=O)NC(C)(C)C)CC1. The molecule has 110 valence electrons. The van der Waals surface area contributed by atoms with E-state index in [9.17, 15) is 9.59 Å². The van der Waals surface area contributed by atoms with Crippen molar-refractivity contribution in [3.05, 3.63) is 0 Å². The Balaban J connectivity index is 2.29. The van der Waals surface area contributed by atoms with Crippen LogP contribution in [0.4, 0.5) is 9.59 Å². The first-order valence-corrected chi connectivity index (χ1v) is 6.70. The predicted octanol–water partition coefficient (Wildman–Crippen LogP) is 1.56. The van der Waals surface area contributed by atoms with Crippen molar-refractivity contribution in [1.82, 2.24) is 15.5 Å². The third-order valence-corrected chi connectivity index (χ3v) is 3.10. The first-order valence-electron chi connectivity index (χ1n) is 6.70. The number of methoxy groups -OCH3 is 1. The number of rotatable bonds is 2. The number of urea groups is 1. The Morgan fingerprint density at radius 2 is 1.84 bits per heavy atom. The van der Waals surface area contributed by atoms with Crippen LogP contribution in [0.2, 0.25) is 0 Å². The van der Waals surface area contributed by atoms with Gasteiger partial charge in [-0.2, -0.15) is 0 Å². The van der Waals surface area contributed by atoms with Gasteiger partial charge in [-0.15, -0.1) is 0 Å². The van der Waals surface area contributed by atoms with Crippen LogP contribution in [0.1, 0.15) is 33.6 Å². The molecule has 0 aromatic carbocycles. The van der Waals surface area contributed by atoms with E-state index in [4.69, 9.17) is 0 Å². The Morgan fingerprint density at radius 3 is 2.32 bits per heavy atom. The number of hydrogen-bond donors (Lipinski definition) is 2. The Kier molecular flexibility index (Phi) is 5.44. The summed E-state index contributed by atoms with van der Waals surface area (Å²) in [5, 5.41) is 5.66. The summed E-state index contributed by atoms with van der Waals surface area (Å²) in [5.74, 6) is 0.415. The minimum absolute atomic E-state index is 0.00752. The van der Waals surface area contributed by atoms with Crippen LogP contribution in [0.3, 0.4) is 0 Å². The molecule has 0 bridgehead atoms. The zero-order chi connectivity index (χ0) is 14.5. The first-order chi connectivity index (χ1) is 8.81. The summed E-state index contributed by atoms with van der Waals surface area (Å²) in [7, 11) is 1.36. The van der Waals surface area contributed by atoms with E-state index in [-0.39, 0.29) is 11.6 Å². The average Bonchev–Trinajstić information content (AvgIpc) is 2.34. The second-order valence-electron chi connectivity index (χ2n) is 5.98. The van der Waals surface area contributed by atoms with Crippen LogP contribution >= 0.6 is 0 Å². The number of carbonyl (C=O) groups excluding carboxylic acids is 2. The molecule has 0 aliphatic carbocycles. The number of amides is 3. The van der Waals surface area contributed by atoms with Gasteiger partial charge in [0.25, 0.3) is 0 Å². The van der Waals surface area contributed by atoms with Crippen molar-refractivity contribution in [2.45, 2.75) is 39.2 Å². The number of hydrogen-bond acceptors (Lipinski definition) is 3. The lowest BCUT2D eigenvalue weighted by Gasteiger charge is -2.34. The molecule has 1 aliphatic heterocycles. The fourth-order valence-electron chi connectivity index (χ4n) is 2.04. The highest BCUT2D eigenvalue weighted by molar-refractivity contribution is 5.75. The van der Waals surface area contributed by atoms with E-state index in [1.165, 1.54) is 7.11 Å². The summed E-state index contributed by atoms with van der Waals surface area (Å²) < 4.78 is 4.53. The molecule has 0 radical (unpaired) electrons. The number of nitrogens with zero attached hydrogens (tertiary/aromatic N) is 1. The molecule has 1 aliphatic rings. The van der Waals surface area contributed by atoms with Gasteiger partial charge in [0.05, 0.1) is 7.11 Å². The number of alkyl carbamates (subject to hydrolysis) is 1. The van der Waals surface area contributed by atoms with Gasteiger partial charge in [0.1, 0.15) is 0 Å². The number of nitrogens with one attached hydrogen (secondary N) is 2.